The molecule has 0 aromatic carbocycles. The third kappa shape index (κ3) is 3.56. The molecular formula is C16H26N4O3S. The summed E-state index contributed by atoms with van der Waals surface area (Å²) in [5, 5.41) is 0. The Hall–Kier alpha value is -1.22. The predicted molar refractivity (Wildman–Crippen MR) is 93.5 cm³/mol. The summed E-state index contributed by atoms with van der Waals surface area (Å²) in [6.07, 6.45) is 0.812. The molecule has 0 radical (unpaired) electrons. The van der Waals surface area contributed by atoms with E-state index >= 15 is 0 Å². The van der Waals surface area contributed by atoms with E-state index in [-0.39, 0.29) is 5.92 Å². The Balaban J connectivity index is 1.75. The second-order valence-electron chi connectivity index (χ2n) is 6.65. The molecule has 2 aliphatic heterocycles. The van der Waals surface area contributed by atoms with Gasteiger partial charge in [-0.05, 0) is 25.5 Å². The van der Waals surface area contributed by atoms with Gasteiger partial charge >= 0.3 is 0 Å². The van der Waals surface area contributed by atoms with Gasteiger partial charge in [-0.1, -0.05) is 0 Å². The topological polar surface area (TPSA) is 66.0 Å². The summed E-state index contributed by atoms with van der Waals surface area (Å²) in [7, 11) is 0.614. The Morgan fingerprint density at radius 3 is 2.54 bits per heavy atom. The van der Waals surface area contributed by atoms with E-state index < -0.39 is 10.2 Å². The van der Waals surface area contributed by atoms with Crippen LogP contribution in [0.3, 0.4) is 0 Å². The summed E-state index contributed by atoms with van der Waals surface area (Å²) in [6.45, 7) is 4.87. The zero-order chi connectivity index (χ0) is 17.3. The molecule has 0 spiro atoms. The van der Waals surface area contributed by atoms with Crippen molar-refractivity contribution in [1.82, 2.24) is 13.6 Å². The molecule has 0 amide bonds. The van der Waals surface area contributed by atoms with Crippen molar-refractivity contribution in [2.24, 2.45) is 0 Å². The number of rotatable bonds is 4. The van der Waals surface area contributed by atoms with Crippen LogP contribution >= 0.6 is 0 Å². The van der Waals surface area contributed by atoms with Gasteiger partial charge in [-0.3, -0.25) is 4.98 Å². The van der Waals surface area contributed by atoms with Crippen LogP contribution in [-0.2, 0) is 14.9 Å². The van der Waals surface area contributed by atoms with Gasteiger partial charge in [0.1, 0.15) is 0 Å². The van der Waals surface area contributed by atoms with Crippen LogP contribution in [0.15, 0.2) is 12.1 Å². The third-order valence-corrected chi connectivity index (χ3v) is 6.67. The van der Waals surface area contributed by atoms with Crippen LogP contribution in [0.5, 0.6) is 0 Å². The van der Waals surface area contributed by atoms with E-state index in [1.807, 2.05) is 27.1 Å². The van der Waals surface area contributed by atoms with Crippen LogP contribution in [0.25, 0.3) is 0 Å². The Morgan fingerprint density at radius 2 is 1.88 bits per heavy atom. The van der Waals surface area contributed by atoms with Gasteiger partial charge in [0.2, 0.25) is 0 Å². The number of morpholine rings is 1. The van der Waals surface area contributed by atoms with Crippen LogP contribution in [0.4, 0.5) is 5.69 Å². The minimum atomic E-state index is -3.39. The molecule has 0 saturated carbocycles. The molecule has 8 heteroatoms. The number of hydrogen-bond donors (Lipinski definition) is 0. The van der Waals surface area contributed by atoms with Gasteiger partial charge in [0.25, 0.3) is 10.2 Å². The van der Waals surface area contributed by atoms with Gasteiger partial charge in [-0.15, -0.1) is 0 Å². The highest BCUT2D eigenvalue weighted by molar-refractivity contribution is 7.86. The average molecular weight is 354 g/mol. The fourth-order valence-corrected chi connectivity index (χ4v) is 4.90. The highest BCUT2D eigenvalue weighted by atomic mass is 32.2. The van der Waals surface area contributed by atoms with E-state index in [1.54, 1.807) is 4.31 Å². The van der Waals surface area contributed by atoms with Crippen LogP contribution < -0.4 is 4.90 Å². The first-order valence-electron chi connectivity index (χ1n) is 8.37. The maximum Gasteiger partial charge on any atom is 0.282 e. The van der Waals surface area contributed by atoms with E-state index in [0.29, 0.717) is 39.4 Å². The molecule has 0 aliphatic carbocycles. The number of aromatic nitrogens is 1. The second-order valence-corrected chi connectivity index (χ2v) is 8.58. The van der Waals surface area contributed by atoms with Crippen molar-refractivity contribution in [3.8, 4) is 0 Å². The Kier molecular flexibility index (Phi) is 5.10. The zero-order valence-electron chi connectivity index (χ0n) is 14.6. The van der Waals surface area contributed by atoms with Crippen molar-refractivity contribution in [3.63, 3.8) is 0 Å². The van der Waals surface area contributed by atoms with E-state index in [9.17, 15) is 8.42 Å². The number of pyridine rings is 1. The summed E-state index contributed by atoms with van der Waals surface area (Å²) < 4.78 is 33.9. The molecule has 2 saturated heterocycles. The molecule has 2 aliphatic rings. The number of hydrogen-bond acceptors (Lipinski definition) is 5. The zero-order valence-corrected chi connectivity index (χ0v) is 15.4. The molecule has 134 valence electrons. The van der Waals surface area contributed by atoms with Gasteiger partial charge in [0, 0.05) is 63.3 Å². The molecule has 0 unspecified atom stereocenters. The molecule has 0 N–H and O–H groups in total. The quantitative estimate of drug-likeness (QED) is 0.801. The monoisotopic (exact) mass is 354 g/mol. The number of aryl methyl sites for hydroxylation is 1. The maximum atomic E-state index is 12.8. The molecule has 1 atom stereocenters. The number of ether oxygens (including phenoxy) is 1. The summed E-state index contributed by atoms with van der Waals surface area (Å²) in [5.74, 6) is 0.152. The fraction of sp³-hybridized carbons (Fsp3) is 0.688. The van der Waals surface area contributed by atoms with Crippen molar-refractivity contribution < 1.29 is 13.2 Å². The van der Waals surface area contributed by atoms with Crippen LogP contribution in [0.1, 0.15) is 23.7 Å². The SMILES string of the molecule is Cc1cc(N(C)C)cc([C@H]2CCN(S(=O)(=O)N3CCOCC3)C2)n1. The van der Waals surface area contributed by atoms with Gasteiger partial charge in [0.15, 0.2) is 0 Å². The fourth-order valence-electron chi connectivity index (χ4n) is 3.26. The molecule has 3 heterocycles. The van der Waals surface area contributed by atoms with Crippen LogP contribution in [-0.4, -0.2) is 75.5 Å². The molecule has 2 fully saturated rings. The number of anilines is 1. The Bertz CT molecular complexity index is 687. The van der Waals surface area contributed by atoms with Crippen molar-refractivity contribution in [2.75, 3.05) is 58.4 Å². The third-order valence-electron chi connectivity index (χ3n) is 4.67. The molecule has 1 aromatic heterocycles. The van der Waals surface area contributed by atoms with Crippen molar-refractivity contribution in [2.45, 2.75) is 19.3 Å². The molecule has 1 aromatic rings. The minimum Gasteiger partial charge on any atom is -0.379 e. The minimum absolute atomic E-state index is 0.152. The molecule has 0 bridgehead atoms. The Labute approximate surface area is 144 Å². The molecule has 3 rings (SSSR count). The average Bonchev–Trinajstić information content (AvgIpc) is 3.06. The lowest BCUT2D eigenvalue weighted by molar-refractivity contribution is 0.0705. The summed E-state index contributed by atoms with van der Waals surface area (Å²) in [4.78, 5) is 6.70. The molecular weight excluding hydrogens is 328 g/mol. The van der Waals surface area contributed by atoms with Crippen LogP contribution in [0.2, 0.25) is 0 Å². The molecule has 7 nitrogen and oxygen atoms in total. The summed E-state index contributed by atoms with van der Waals surface area (Å²) in [6, 6.07) is 4.11. The maximum absolute atomic E-state index is 12.8. The highest BCUT2D eigenvalue weighted by Gasteiger charge is 2.37. The smallest absolute Gasteiger partial charge is 0.282 e. The van der Waals surface area contributed by atoms with Gasteiger partial charge in [0.05, 0.1) is 13.2 Å². The highest BCUT2D eigenvalue weighted by Crippen LogP contribution is 2.31. The first-order valence-corrected chi connectivity index (χ1v) is 9.76. The first kappa shape index (κ1) is 17.6. The van der Waals surface area contributed by atoms with Gasteiger partial charge < -0.3 is 9.64 Å². The number of nitrogens with zero attached hydrogens (tertiary/aromatic N) is 4. The second kappa shape index (κ2) is 6.95. The van der Waals surface area contributed by atoms with E-state index in [2.05, 4.69) is 16.0 Å². The lowest BCUT2D eigenvalue weighted by atomic mass is 10.0. The van der Waals surface area contributed by atoms with Crippen molar-refractivity contribution >= 4 is 15.9 Å². The summed E-state index contributed by atoms with van der Waals surface area (Å²) >= 11 is 0. The van der Waals surface area contributed by atoms with Crippen molar-refractivity contribution in [3.05, 3.63) is 23.5 Å². The largest absolute Gasteiger partial charge is 0.379 e. The lowest BCUT2D eigenvalue weighted by Gasteiger charge is -2.30. The van der Waals surface area contributed by atoms with E-state index in [0.717, 1.165) is 23.5 Å². The van der Waals surface area contributed by atoms with E-state index in [1.165, 1.54) is 4.31 Å². The standard InChI is InChI=1S/C16H26N4O3S/c1-13-10-15(18(2)3)11-16(17-13)14-4-5-20(12-14)24(21,22)19-6-8-23-9-7-19/h10-11,14H,4-9,12H2,1-3H3/t14-/m0/s1. The normalized spacial score (nSPS) is 23.5. The van der Waals surface area contributed by atoms with E-state index in [4.69, 9.17) is 4.74 Å². The predicted octanol–water partition coefficient (Wildman–Crippen LogP) is 0.822. The van der Waals surface area contributed by atoms with Gasteiger partial charge in [-0.25, -0.2) is 0 Å². The molecule has 24 heavy (non-hydrogen) atoms. The lowest BCUT2D eigenvalue weighted by Crippen LogP contribution is -2.47. The summed E-state index contributed by atoms with van der Waals surface area (Å²) in [5.41, 5.74) is 3.05. The Morgan fingerprint density at radius 1 is 1.17 bits per heavy atom. The first-order chi connectivity index (χ1) is 11.4. The van der Waals surface area contributed by atoms with Crippen LogP contribution in [0, 0.1) is 6.92 Å². The van der Waals surface area contributed by atoms with Gasteiger partial charge in [-0.2, -0.15) is 17.0 Å². The van der Waals surface area contributed by atoms with Crippen molar-refractivity contribution in [1.29, 1.82) is 0 Å².